The molecular formula is C23H27F2N3O6. The zero-order chi connectivity index (χ0) is 24.9. The van der Waals surface area contributed by atoms with E-state index in [4.69, 9.17) is 9.47 Å². The highest BCUT2D eigenvalue weighted by atomic mass is 19.1. The second-order valence-electron chi connectivity index (χ2n) is 9.66. The molecule has 184 valence electrons. The zero-order valence-corrected chi connectivity index (χ0v) is 19.4. The molecule has 0 bridgehead atoms. The summed E-state index contributed by atoms with van der Waals surface area (Å²) >= 11 is 0. The lowest BCUT2D eigenvalue weighted by molar-refractivity contribution is 0.0417. The van der Waals surface area contributed by atoms with Crippen LogP contribution in [0.2, 0.25) is 0 Å². The van der Waals surface area contributed by atoms with Crippen molar-refractivity contribution in [1.29, 1.82) is 0 Å². The molecule has 1 saturated carbocycles. The average molecular weight is 479 g/mol. The molecule has 1 aromatic carbocycles. The Balaban J connectivity index is 1.74. The first-order chi connectivity index (χ1) is 15.9. The van der Waals surface area contributed by atoms with Crippen LogP contribution in [0.4, 0.5) is 19.3 Å². The van der Waals surface area contributed by atoms with E-state index in [1.165, 1.54) is 16.6 Å². The molecule has 1 saturated heterocycles. The third-order valence-electron chi connectivity index (χ3n) is 5.94. The SMILES string of the molecule is COC1CN(c2c(F)cc3c(=O)c(C(=O)O)cn(C4CC4)c3c2F)CC1NC(=O)OC(C)(C)C. The van der Waals surface area contributed by atoms with Gasteiger partial charge < -0.3 is 29.4 Å². The topological polar surface area (TPSA) is 110 Å². The van der Waals surface area contributed by atoms with E-state index >= 15 is 8.78 Å². The molecule has 1 aliphatic heterocycles. The molecule has 11 heteroatoms. The van der Waals surface area contributed by atoms with Crippen LogP contribution in [0.25, 0.3) is 10.9 Å². The van der Waals surface area contributed by atoms with Gasteiger partial charge in [-0.25, -0.2) is 18.4 Å². The number of halogens is 2. The summed E-state index contributed by atoms with van der Waals surface area (Å²) in [4.78, 5) is 37.8. The Morgan fingerprint density at radius 2 is 1.88 bits per heavy atom. The van der Waals surface area contributed by atoms with E-state index < -0.39 is 52.4 Å². The maximum atomic E-state index is 15.8. The Labute approximate surface area is 194 Å². The summed E-state index contributed by atoms with van der Waals surface area (Å²) in [7, 11) is 1.43. The number of carboxylic acids is 1. The van der Waals surface area contributed by atoms with Gasteiger partial charge in [-0.15, -0.1) is 0 Å². The number of benzene rings is 1. The smallest absolute Gasteiger partial charge is 0.408 e. The summed E-state index contributed by atoms with van der Waals surface area (Å²) in [5.41, 5.74) is -2.69. The molecule has 1 amide bonds. The fraction of sp³-hybridized carbons (Fsp3) is 0.522. The van der Waals surface area contributed by atoms with Gasteiger partial charge in [0.15, 0.2) is 5.82 Å². The maximum Gasteiger partial charge on any atom is 0.408 e. The predicted molar refractivity (Wildman–Crippen MR) is 120 cm³/mol. The minimum atomic E-state index is -1.45. The van der Waals surface area contributed by atoms with Crippen molar-refractivity contribution in [3.05, 3.63) is 39.7 Å². The predicted octanol–water partition coefficient (Wildman–Crippen LogP) is 3.04. The number of nitrogens with one attached hydrogen (secondary N) is 1. The van der Waals surface area contributed by atoms with Crippen LogP contribution in [-0.4, -0.2) is 59.7 Å². The van der Waals surface area contributed by atoms with Gasteiger partial charge in [0.2, 0.25) is 5.43 Å². The summed E-state index contributed by atoms with van der Waals surface area (Å²) in [5.74, 6) is -3.41. The minimum Gasteiger partial charge on any atom is -0.477 e. The van der Waals surface area contributed by atoms with Gasteiger partial charge in [-0.3, -0.25) is 4.79 Å². The third kappa shape index (κ3) is 4.44. The molecule has 2 heterocycles. The lowest BCUT2D eigenvalue weighted by atomic mass is 10.1. The fourth-order valence-corrected chi connectivity index (χ4v) is 4.31. The monoisotopic (exact) mass is 479 g/mol. The number of carbonyl (C=O) groups is 2. The number of hydrogen-bond acceptors (Lipinski definition) is 6. The number of hydrogen-bond donors (Lipinski definition) is 2. The number of ether oxygens (including phenoxy) is 2. The molecule has 1 aromatic heterocycles. The first-order valence-electron chi connectivity index (χ1n) is 11.0. The Bertz CT molecular complexity index is 1220. The molecule has 34 heavy (non-hydrogen) atoms. The van der Waals surface area contributed by atoms with Crippen molar-refractivity contribution in [3.63, 3.8) is 0 Å². The number of carboxylic acid groups (broad SMARTS) is 1. The quantitative estimate of drug-likeness (QED) is 0.678. The first-order valence-corrected chi connectivity index (χ1v) is 11.0. The number of pyridine rings is 1. The minimum absolute atomic E-state index is 0.0396. The molecular weight excluding hydrogens is 452 g/mol. The molecule has 2 aliphatic rings. The Kier molecular flexibility index (Phi) is 6.01. The number of methoxy groups -OCH3 is 1. The van der Waals surface area contributed by atoms with Crippen LogP contribution in [0.3, 0.4) is 0 Å². The van der Waals surface area contributed by atoms with Gasteiger partial charge in [0.1, 0.15) is 22.7 Å². The van der Waals surface area contributed by atoms with Crippen LogP contribution in [0.5, 0.6) is 0 Å². The van der Waals surface area contributed by atoms with Crippen molar-refractivity contribution in [1.82, 2.24) is 9.88 Å². The van der Waals surface area contributed by atoms with Gasteiger partial charge in [-0.05, 0) is 39.7 Å². The van der Waals surface area contributed by atoms with Crippen LogP contribution in [0, 0.1) is 11.6 Å². The highest BCUT2D eigenvalue weighted by Gasteiger charge is 2.38. The van der Waals surface area contributed by atoms with Crippen LogP contribution in [-0.2, 0) is 9.47 Å². The number of nitrogens with zero attached hydrogens (tertiary/aromatic N) is 2. The summed E-state index contributed by atoms with van der Waals surface area (Å²) in [5, 5.41) is 11.7. The molecule has 2 N–H and O–H groups in total. The van der Waals surface area contributed by atoms with Crippen molar-refractivity contribution in [3.8, 4) is 0 Å². The third-order valence-corrected chi connectivity index (χ3v) is 5.94. The van der Waals surface area contributed by atoms with Crippen LogP contribution < -0.4 is 15.6 Å². The molecule has 2 fully saturated rings. The number of aromatic carboxylic acids is 1. The van der Waals surface area contributed by atoms with E-state index in [1.54, 1.807) is 20.8 Å². The van der Waals surface area contributed by atoms with Crippen molar-refractivity contribution in [2.75, 3.05) is 25.1 Å². The summed E-state index contributed by atoms with van der Waals surface area (Å²) < 4.78 is 43.2. The molecule has 9 nitrogen and oxygen atoms in total. The zero-order valence-electron chi connectivity index (χ0n) is 19.4. The first kappa shape index (κ1) is 23.9. The highest BCUT2D eigenvalue weighted by Crippen LogP contribution is 2.40. The van der Waals surface area contributed by atoms with Crippen molar-refractivity contribution in [2.45, 2.75) is 57.4 Å². The molecule has 0 spiro atoms. The van der Waals surface area contributed by atoms with Gasteiger partial charge in [-0.2, -0.15) is 0 Å². The Morgan fingerprint density at radius 3 is 2.44 bits per heavy atom. The van der Waals surface area contributed by atoms with E-state index in [-0.39, 0.29) is 35.7 Å². The van der Waals surface area contributed by atoms with Gasteiger partial charge in [0.05, 0.1) is 23.0 Å². The van der Waals surface area contributed by atoms with E-state index in [0.717, 1.165) is 12.3 Å². The number of amides is 1. The van der Waals surface area contributed by atoms with Crippen molar-refractivity contribution in [2.24, 2.45) is 0 Å². The van der Waals surface area contributed by atoms with Crippen LogP contribution in [0.1, 0.15) is 50.0 Å². The molecule has 2 aromatic rings. The van der Waals surface area contributed by atoms with E-state index in [2.05, 4.69) is 5.32 Å². The molecule has 0 radical (unpaired) electrons. The van der Waals surface area contributed by atoms with Crippen molar-refractivity contribution < 1.29 is 33.0 Å². The number of carbonyl (C=O) groups excluding carboxylic acids is 1. The molecule has 1 aliphatic carbocycles. The van der Waals surface area contributed by atoms with Crippen LogP contribution in [0.15, 0.2) is 17.1 Å². The number of rotatable bonds is 5. The van der Waals surface area contributed by atoms with Crippen molar-refractivity contribution >= 4 is 28.7 Å². The van der Waals surface area contributed by atoms with Gasteiger partial charge in [0.25, 0.3) is 0 Å². The second kappa shape index (κ2) is 8.53. The van der Waals surface area contributed by atoms with Crippen LogP contribution >= 0.6 is 0 Å². The number of alkyl carbamates (subject to hydrolysis) is 1. The lowest BCUT2D eigenvalue weighted by Crippen LogP contribution is -2.45. The van der Waals surface area contributed by atoms with Gasteiger partial charge in [-0.1, -0.05) is 0 Å². The number of fused-ring (bicyclic) bond motifs is 1. The lowest BCUT2D eigenvalue weighted by Gasteiger charge is -2.24. The van der Waals surface area contributed by atoms with E-state index in [9.17, 15) is 19.5 Å². The van der Waals surface area contributed by atoms with Gasteiger partial charge >= 0.3 is 12.1 Å². The maximum absolute atomic E-state index is 15.8. The number of aromatic nitrogens is 1. The summed E-state index contributed by atoms with van der Waals surface area (Å²) in [6.07, 6.45) is 1.28. The van der Waals surface area contributed by atoms with Gasteiger partial charge in [0, 0.05) is 32.4 Å². The van der Waals surface area contributed by atoms with E-state index in [1.807, 2.05) is 0 Å². The number of anilines is 1. The molecule has 2 unspecified atom stereocenters. The largest absolute Gasteiger partial charge is 0.477 e. The summed E-state index contributed by atoms with van der Waals surface area (Å²) in [6, 6.07) is 0.118. The standard InChI is InChI=1S/C23H27F2N3O6/c1-23(2,3)34-22(32)26-15-9-27(10-16(15)33-4)19-14(24)7-12-18(17(19)25)28(11-5-6-11)8-13(20(12)29)21(30)31/h7-8,11,15-16H,5-6,9-10H2,1-4H3,(H,26,32)(H,30,31). The Hall–Kier alpha value is -3.21. The second-order valence-corrected chi connectivity index (χ2v) is 9.66. The average Bonchev–Trinajstić information content (AvgIpc) is 3.48. The van der Waals surface area contributed by atoms with E-state index in [0.29, 0.717) is 12.8 Å². The fourth-order valence-electron chi connectivity index (χ4n) is 4.31. The highest BCUT2D eigenvalue weighted by molar-refractivity contribution is 5.94. The Morgan fingerprint density at radius 1 is 1.21 bits per heavy atom. The normalized spacial score (nSPS) is 20.6. The molecule has 4 rings (SSSR count). The molecule has 2 atom stereocenters. The summed E-state index contributed by atoms with van der Waals surface area (Å²) in [6.45, 7) is 5.28.